The molecule has 1 N–H and O–H groups in total. The van der Waals surface area contributed by atoms with Crippen LogP contribution in [0.2, 0.25) is 0 Å². The van der Waals surface area contributed by atoms with E-state index in [4.69, 9.17) is 0 Å². The highest BCUT2D eigenvalue weighted by atomic mass is 16.6. The van der Waals surface area contributed by atoms with Crippen LogP contribution in [0.25, 0.3) is 0 Å². The van der Waals surface area contributed by atoms with Gasteiger partial charge in [-0.25, -0.2) is 0 Å². The highest BCUT2D eigenvalue weighted by Gasteiger charge is 2.24. The summed E-state index contributed by atoms with van der Waals surface area (Å²) in [6.07, 6.45) is 3.43. The number of rotatable bonds is 6. The summed E-state index contributed by atoms with van der Waals surface area (Å²) < 4.78 is 0. The molecule has 0 radical (unpaired) electrons. The van der Waals surface area contributed by atoms with Gasteiger partial charge in [-0.2, -0.15) is 0 Å². The number of carbonyl (C=O) groups excluding carboxylic acids is 1. The molecule has 1 amide bonds. The summed E-state index contributed by atoms with van der Waals surface area (Å²) in [5.74, 6) is 1.14. The lowest BCUT2D eigenvalue weighted by Crippen LogP contribution is -2.43. The highest BCUT2D eigenvalue weighted by molar-refractivity contribution is 6.00. The molecule has 2 saturated heterocycles. The monoisotopic (exact) mass is 374 g/mol. The summed E-state index contributed by atoms with van der Waals surface area (Å²) in [4.78, 5) is 28.0. The summed E-state index contributed by atoms with van der Waals surface area (Å²) in [5, 5.41) is 14.1. The van der Waals surface area contributed by atoms with Crippen molar-refractivity contribution in [1.82, 2.24) is 10.2 Å². The number of amides is 1. The van der Waals surface area contributed by atoms with Crippen LogP contribution in [0, 0.1) is 22.0 Å². The minimum atomic E-state index is -0.443. The number of nitro groups is 1. The summed E-state index contributed by atoms with van der Waals surface area (Å²) in [5.41, 5.74) is 1.17. The average Bonchev–Trinajstić information content (AvgIpc) is 3.14. The molecule has 2 atom stereocenters. The van der Waals surface area contributed by atoms with Crippen molar-refractivity contribution >= 4 is 17.3 Å². The highest BCUT2D eigenvalue weighted by Crippen LogP contribution is 2.28. The zero-order valence-electron chi connectivity index (χ0n) is 16.3. The van der Waals surface area contributed by atoms with Crippen LogP contribution in [-0.4, -0.2) is 55.0 Å². The maximum Gasteiger partial charge on any atom is 0.270 e. The fourth-order valence-electron chi connectivity index (χ4n) is 4.45. The molecule has 2 heterocycles. The minimum absolute atomic E-state index is 0.0400. The molecule has 7 nitrogen and oxygen atoms in total. The van der Waals surface area contributed by atoms with E-state index >= 15 is 0 Å². The van der Waals surface area contributed by atoms with Gasteiger partial charge in [0.1, 0.15) is 0 Å². The lowest BCUT2D eigenvalue weighted by molar-refractivity contribution is -0.384. The molecule has 1 aromatic rings. The molecule has 7 heteroatoms. The van der Waals surface area contributed by atoms with Crippen molar-refractivity contribution in [3.05, 3.63) is 33.9 Å². The van der Waals surface area contributed by atoms with E-state index < -0.39 is 4.92 Å². The van der Waals surface area contributed by atoms with Crippen molar-refractivity contribution in [2.24, 2.45) is 11.8 Å². The van der Waals surface area contributed by atoms with Crippen molar-refractivity contribution < 1.29 is 9.72 Å². The number of carbonyl (C=O) groups is 1. The number of anilines is 1. The molecule has 27 heavy (non-hydrogen) atoms. The number of likely N-dealkylation sites (tertiary alicyclic amines) is 1. The third-order valence-electron chi connectivity index (χ3n) is 5.54. The van der Waals surface area contributed by atoms with Crippen LogP contribution < -0.4 is 10.2 Å². The maximum atomic E-state index is 12.8. The normalized spacial score (nSPS) is 23.4. The molecule has 3 rings (SSSR count). The van der Waals surface area contributed by atoms with E-state index in [-0.39, 0.29) is 11.6 Å². The number of nitrogens with zero attached hydrogens (tertiary/aromatic N) is 3. The van der Waals surface area contributed by atoms with Gasteiger partial charge in [0.2, 0.25) is 0 Å². The second-order valence-electron chi connectivity index (χ2n) is 8.11. The Hall–Kier alpha value is -2.15. The molecule has 2 aliphatic heterocycles. The summed E-state index contributed by atoms with van der Waals surface area (Å²) in [6, 6.07) is 4.61. The Morgan fingerprint density at radius 1 is 1.22 bits per heavy atom. The molecule has 1 aromatic carbocycles. The number of benzene rings is 1. The second-order valence-corrected chi connectivity index (χ2v) is 8.11. The van der Waals surface area contributed by atoms with E-state index in [9.17, 15) is 14.9 Å². The molecule has 0 bridgehead atoms. The van der Waals surface area contributed by atoms with E-state index in [0.29, 0.717) is 23.9 Å². The number of non-ortho nitro benzene ring substituents is 1. The predicted octanol–water partition coefficient (Wildman–Crippen LogP) is 2.90. The Kier molecular flexibility index (Phi) is 6.31. The van der Waals surface area contributed by atoms with E-state index in [1.807, 2.05) is 0 Å². The van der Waals surface area contributed by atoms with Gasteiger partial charge in [0, 0.05) is 51.4 Å². The van der Waals surface area contributed by atoms with Crippen molar-refractivity contribution in [2.75, 3.05) is 44.2 Å². The standard InChI is InChI=1S/C20H30N4O3/c1-15-11-16(2)14-22(13-15)10-7-21-20(25)18-12-17(24(26)27)5-6-19(18)23-8-3-4-9-23/h5-6,12,15-16H,3-4,7-11,13-14H2,1-2H3,(H,21,25). The molecule has 0 saturated carbocycles. The number of hydrogen-bond acceptors (Lipinski definition) is 5. The number of piperidine rings is 1. The molecule has 0 aliphatic carbocycles. The Bertz CT molecular complexity index is 678. The SMILES string of the molecule is CC1CC(C)CN(CCNC(=O)c2cc([N+](=O)[O-])ccc2N2CCCC2)C1. The number of nitro benzene ring substituents is 1. The van der Waals surface area contributed by atoms with Crippen LogP contribution in [0.4, 0.5) is 11.4 Å². The molecule has 2 fully saturated rings. The van der Waals surface area contributed by atoms with Crippen LogP contribution >= 0.6 is 0 Å². The molecule has 148 valence electrons. The fourth-order valence-corrected chi connectivity index (χ4v) is 4.45. The molecular formula is C20H30N4O3. The van der Waals surface area contributed by atoms with Gasteiger partial charge in [-0.3, -0.25) is 14.9 Å². The first-order valence-corrected chi connectivity index (χ1v) is 9.98. The van der Waals surface area contributed by atoms with Crippen molar-refractivity contribution in [3.8, 4) is 0 Å². The van der Waals surface area contributed by atoms with E-state index in [1.54, 1.807) is 6.07 Å². The summed E-state index contributed by atoms with van der Waals surface area (Å²) >= 11 is 0. The number of nitrogens with one attached hydrogen (secondary N) is 1. The van der Waals surface area contributed by atoms with Gasteiger partial charge in [-0.15, -0.1) is 0 Å². The molecular weight excluding hydrogens is 344 g/mol. The number of hydrogen-bond donors (Lipinski definition) is 1. The first-order valence-electron chi connectivity index (χ1n) is 9.98. The van der Waals surface area contributed by atoms with Crippen LogP contribution in [0.15, 0.2) is 18.2 Å². The van der Waals surface area contributed by atoms with E-state index in [1.165, 1.54) is 18.6 Å². The van der Waals surface area contributed by atoms with Gasteiger partial charge in [0.25, 0.3) is 11.6 Å². The molecule has 2 unspecified atom stereocenters. The van der Waals surface area contributed by atoms with Crippen molar-refractivity contribution in [3.63, 3.8) is 0 Å². The average molecular weight is 374 g/mol. The van der Waals surface area contributed by atoms with Gasteiger partial charge in [0.05, 0.1) is 16.2 Å². The maximum absolute atomic E-state index is 12.8. The smallest absolute Gasteiger partial charge is 0.270 e. The Morgan fingerprint density at radius 3 is 2.52 bits per heavy atom. The molecule has 0 spiro atoms. The first kappa shape index (κ1) is 19.6. The lowest BCUT2D eigenvalue weighted by atomic mass is 9.92. The van der Waals surface area contributed by atoms with Gasteiger partial charge in [-0.1, -0.05) is 13.8 Å². The van der Waals surface area contributed by atoms with Gasteiger partial charge in [-0.05, 0) is 37.2 Å². The van der Waals surface area contributed by atoms with Gasteiger partial charge in [0.15, 0.2) is 0 Å². The summed E-state index contributed by atoms with van der Waals surface area (Å²) in [6.45, 7) is 9.82. The van der Waals surface area contributed by atoms with E-state index in [0.717, 1.165) is 51.3 Å². The molecule has 2 aliphatic rings. The minimum Gasteiger partial charge on any atom is -0.371 e. The zero-order valence-corrected chi connectivity index (χ0v) is 16.3. The Labute approximate surface area is 160 Å². The lowest BCUT2D eigenvalue weighted by Gasteiger charge is -2.34. The van der Waals surface area contributed by atoms with Gasteiger partial charge >= 0.3 is 0 Å². The summed E-state index contributed by atoms with van der Waals surface area (Å²) in [7, 11) is 0. The van der Waals surface area contributed by atoms with Crippen LogP contribution in [0.1, 0.15) is 43.5 Å². The molecule has 0 aromatic heterocycles. The quantitative estimate of drug-likeness (QED) is 0.612. The van der Waals surface area contributed by atoms with Crippen LogP contribution in [0.5, 0.6) is 0 Å². The van der Waals surface area contributed by atoms with Crippen LogP contribution in [-0.2, 0) is 0 Å². The third-order valence-corrected chi connectivity index (χ3v) is 5.54. The Balaban J connectivity index is 1.65. The van der Waals surface area contributed by atoms with Crippen LogP contribution in [0.3, 0.4) is 0 Å². The second kappa shape index (κ2) is 8.69. The zero-order chi connectivity index (χ0) is 19.4. The Morgan fingerprint density at radius 2 is 1.89 bits per heavy atom. The fraction of sp³-hybridized carbons (Fsp3) is 0.650. The third kappa shape index (κ3) is 4.97. The predicted molar refractivity (Wildman–Crippen MR) is 106 cm³/mol. The van der Waals surface area contributed by atoms with E-state index in [2.05, 4.69) is 29.0 Å². The topological polar surface area (TPSA) is 78.7 Å². The van der Waals surface area contributed by atoms with Crippen molar-refractivity contribution in [2.45, 2.75) is 33.1 Å². The largest absolute Gasteiger partial charge is 0.371 e. The first-order chi connectivity index (χ1) is 12.9. The van der Waals surface area contributed by atoms with Crippen molar-refractivity contribution in [1.29, 1.82) is 0 Å². The van der Waals surface area contributed by atoms with Gasteiger partial charge < -0.3 is 15.1 Å².